The zero-order valence-electron chi connectivity index (χ0n) is 13.9. The SMILES string of the molecule is CC[C@H](OC(=O)/C=C/c1ccco1)C(=O)Nc1ccc(S(N)(=O)=O)cc1. The Morgan fingerprint density at radius 3 is 2.50 bits per heavy atom. The molecule has 3 N–H and O–H groups in total. The minimum atomic E-state index is -3.81. The van der Waals surface area contributed by atoms with Crippen molar-refractivity contribution in [3.8, 4) is 0 Å². The van der Waals surface area contributed by atoms with E-state index in [0.29, 0.717) is 11.4 Å². The van der Waals surface area contributed by atoms with Crippen LogP contribution in [0.3, 0.4) is 0 Å². The van der Waals surface area contributed by atoms with Crippen molar-refractivity contribution in [1.29, 1.82) is 0 Å². The Morgan fingerprint density at radius 1 is 1.27 bits per heavy atom. The van der Waals surface area contributed by atoms with Crippen molar-refractivity contribution in [2.45, 2.75) is 24.3 Å². The average Bonchev–Trinajstić information content (AvgIpc) is 3.11. The number of nitrogens with two attached hydrogens (primary N) is 1. The highest BCUT2D eigenvalue weighted by atomic mass is 32.2. The van der Waals surface area contributed by atoms with Gasteiger partial charge in [-0.15, -0.1) is 0 Å². The molecule has 0 saturated carbocycles. The Bertz CT molecular complexity index is 886. The lowest BCUT2D eigenvalue weighted by molar-refractivity contribution is -0.149. The Labute approximate surface area is 150 Å². The molecule has 9 heteroatoms. The van der Waals surface area contributed by atoms with Crippen LogP contribution in [0.15, 0.2) is 58.1 Å². The van der Waals surface area contributed by atoms with Crippen molar-refractivity contribution in [2.24, 2.45) is 5.14 Å². The Kier molecular flexibility index (Phi) is 6.31. The lowest BCUT2D eigenvalue weighted by Crippen LogP contribution is -2.31. The average molecular weight is 378 g/mol. The van der Waals surface area contributed by atoms with Gasteiger partial charge in [0, 0.05) is 11.8 Å². The van der Waals surface area contributed by atoms with Gasteiger partial charge in [0.15, 0.2) is 6.10 Å². The van der Waals surface area contributed by atoms with Crippen molar-refractivity contribution < 1.29 is 27.2 Å². The molecule has 8 nitrogen and oxygen atoms in total. The second-order valence-electron chi connectivity index (χ2n) is 5.24. The van der Waals surface area contributed by atoms with Crippen LogP contribution in [0.1, 0.15) is 19.1 Å². The summed E-state index contributed by atoms with van der Waals surface area (Å²) in [6, 6.07) is 8.66. The Morgan fingerprint density at radius 2 is 1.96 bits per heavy atom. The third-order valence-electron chi connectivity index (χ3n) is 3.30. The summed E-state index contributed by atoms with van der Waals surface area (Å²) in [7, 11) is -3.81. The van der Waals surface area contributed by atoms with E-state index in [0.717, 1.165) is 6.08 Å². The molecule has 0 aliphatic rings. The topological polar surface area (TPSA) is 129 Å². The monoisotopic (exact) mass is 378 g/mol. The van der Waals surface area contributed by atoms with Gasteiger partial charge in [-0.05, 0) is 48.9 Å². The second-order valence-corrected chi connectivity index (χ2v) is 6.80. The van der Waals surface area contributed by atoms with Crippen LogP contribution in [-0.4, -0.2) is 26.4 Å². The molecule has 1 aromatic heterocycles. The molecule has 0 aliphatic carbocycles. The number of carbonyl (C=O) groups excluding carboxylic acids is 2. The van der Waals surface area contributed by atoms with Crippen LogP contribution in [0, 0.1) is 0 Å². The molecule has 0 radical (unpaired) electrons. The van der Waals surface area contributed by atoms with Crippen molar-refractivity contribution in [3.63, 3.8) is 0 Å². The smallest absolute Gasteiger partial charge is 0.331 e. The lowest BCUT2D eigenvalue weighted by atomic mass is 10.2. The number of hydrogen-bond donors (Lipinski definition) is 2. The number of nitrogens with one attached hydrogen (secondary N) is 1. The molecule has 1 aromatic carbocycles. The molecule has 0 bridgehead atoms. The normalized spacial score (nSPS) is 12.7. The summed E-state index contributed by atoms with van der Waals surface area (Å²) < 4.78 is 32.6. The third kappa shape index (κ3) is 5.57. The highest BCUT2D eigenvalue weighted by molar-refractivity contribution is 7.89. The fraction of sp³-hybridized carbons (Fsp3) is 0.176. The number of furan rings is 1. The number of hydrogen-bond acceptors (Lipinski definition) is 6. The first-order chi connectivity index (χ1) is 12.3. The van der Waals surface area contributed by atoms with Gasteiger partial charge in [0.05, 0.1) is 11.2 Å². The molecule has 0 saturated heterocycles. The summed E-state index contributed by atoms with van der Waals surface area (Å²) >= 11 is 0. The molecule has 138 valence electrons. The first-order valence-corrected chi connectivity index (χ1v) is 9.20. The van der Waals surface area contributed by atoms with Crippen LogP contribution in [0.2, 0.25) is 0 Å². The van der Waals surface area contributed by atoms with E-state index in [4.69, 9.17) is 14.3 Å². The Balaban J connectivity index is 1.96. The molecule has 0 unspecified atom stereocenters. The van der Waals surface area contributed by atoms with Gasteiger partial charge in [-0.2, -0.15) is 0 Å². The molecule has 0 aliphatic heterocycles. The highest BCUT2D eigenvalue weighted by Crippen LogP contribution is 2.14. The first kappa shape index (κ1) is 19.4. The van der Waals surface area contributed by atoms with Gasteiger partial charge in [0.1, 0.15) is 5.76 Å². The predicted octanol–water partition coefficient (Wildman–Crippen LogP) is 1.90. The van der Waals surface area contributed by atoms with E-state index >= 15 is 0 Å². The number of ether oxygens (including phenoxy) is 1. The Hall–Kier alpha value is -2.91. The van der Waals surface area contributed by atoms with Crippen LogP contribution < -0.4 is 10.5 Å². The summed E-state index contributed by atoms with van der Waals surface area (Å²) in [5.74, 6) is -0.738. The molecule has 1 heterocycles. The molecular weight excluding hydrogens is 360 g/mol. The number of esters is 1. The zero-order chi connectivity index (χ0) is 19.2. The third-order valence-corrected chi connectivity index (χ3v) is 4.23. The maximum absolute atomic E-state index is 12.2. The van der Waals surface area contributed by atoms with Gasteiger partial charge >= 0.3 is 5.97 Å². The van der Waals surface area contributed by atoms with Gasteiger partial charge in [0.25, 0.3) is 5.91 Å². The van der Waals surface area contributed by atoms with E-state index in [9.17, 15) is 18.0 Å². The standard InChI is InChI=1S/C17H18N2O6S/c1-2-15(25-16(20)10-7-13-4-3-11-24-13)17(21)19-12-5-8-14(9-6-12)26(18,22)23/h3-11,15H,2H2,1H3,(H,19,21)(H2,18,22,23)/b10-7+/t15-/m0/s1. The van der Waals surface area contributed by atoms with Crippen LogP contribution in [0.5, 0.6) is 0 Å². The van der Waals surface area contributed by atoms with Crippen molar-refractivity contribution in [3.05, 3.63) is 54.5 Å². The number of carbonyl (C=O) groups is 2. The van der Waals surface area contributed by atoms with E-state index in [1.54, 1.807) is 19.1 Å². The van der Waals surface area contributed by atoms with Gasteiger partial charge in [-0.3, -0.25) is 4.79 Å². The number of amides is 1. The van der Waals surface area contributed by atoms with E-state index in [-0.39, 0.29) is 11.3 Å². The van der Waals surface area contributed by atoms with Crippen LogP contribution in [0.25, 0.3) is 6.08 Å². The summed E-state index contributed by atoms with van der Waals surface area (Å²) in [6.07, 6.45) is 3.33. The molecule has 2 rings (SSSR count). The fourth-order valence-corrected chi connectivity index (χ4v) is 2.50. The lowest BCUT2D eigenvalue weighted by Gasteiger charge is -2.15. The number of benzene rings is 1. The van der Waals surface area contributed by atoms with E-state index in [1.807, 2.05) is 0 Å². The van der Waals surface area contributed by atoms with Crippen LogP contribution in [0.4, 0.5) is 5.69 Å². The molecule has 2 aromatic rings. The van der Waals surface area contributed by atoms with Crippen LogP contribution >= 0.6 is 0 Å². The first-order valence-electron chi connectivity index (χ1n) is 7.65. The predicted molar refractivity (Wildman–Crippen MR) is 94.4 cm³/mol. The van der Waals surface area contributed by atoms with Gasteiger partial charge < -0.3 is 14.5 Å². The number of sulfonamides is 1. The van der Waals surface area contributed by atoms with Crippen molar-refractivity contribution >= 4 is 33.7 Å². The summed E-state index contributed by atoms with van der Waals surface area (Å²) in [5.41, 5.74) is 0.350. The van der Waals surface area contributed by atoms with E-state index in [1.165, 1.54) is 36.6 Å². The molecule has 1 amide bonds. The summed E-state index contributed by atoms with van der Waals surface area (Å²) in [6.45, 7) is 1.69. The minimum Gasteiger partial charge on any atom is -0.465 e. The molecule has 26 heavy (non-hydrogen) atoms. The largest absolute Gasteiger partial charge is 0.465 e. The quantitative estimate of drug-likeness (QED) is 0.559. The molecule has 0 spiro atoms. The zero-order valence-corrected chi connectivity index (χ0v) is 14.7. The summed E-state index contributed by atoms with van der Waals surface area (Å²) in [5, 5.41) is 7.56. The van der Waals surface area contributed by atoms with Crippen molar-refractivity contribution in [2.75, 3.05) is 5.32 Å². The maximum atomic E-state index is 12.2. The molecule has 0 fully saturated rings. The number of anilines is 1. The molecule has 1 atom stereocenters. The van der Waals surface area contributed by atoms with Gasteiger partial charge in [-0.25, -0.2) is 18.4 Å². The van der Waals surface area contributed by atoms with Crippen LogP contribution in [-0.2, 0) is 24.3 Å². The minimum absolute atomic E-state index is 0.0722. The van der Waals surface area contributed by atoms with E-state index < -0.39 is 28.0 Å². The highest BCUT2D eigenvalue weighted by Gasteiger charge is 2.20. The fourth-order valence-electron chi connectivity index (χ4n) is 1.99. The van der Waals surface area contributed by atoms with Crippen molar-refractivity contribution in [1.82, 2.24) is 0 Å². The number of rotatable bonds is 7. The maximum Gasteiger partial charge on any atom is 0.331 e. The number of primary sulfonamides is 1. The van der Waals surface area contributed by atoms with Gasteiger partial charge in [-0.1, -0.05) is 6.92 Å². The van der Waals surface area contributed by atoms with E-state index in [2.05, 4.69) is 5.32 Å². The molecular formula is C17H18N2O6S. The van der Waals surface area contributed by atoms with Gasteiger partial charge in [0.2, 0.25) is 10.0 Å². The summed E-state index contributed by atoms with van der Waals surface area (Å²) in [4.78, 5) is 24.0. The second kappa shape index (κ2) is 8.45.